The van der Waals surface area contributed by atoms with Crippen LogP contribution in [0.15, 0.2) is 29.2 Å². The van der Waals surface area contributed by atoms with Crippen LogP contribution in [0.4, 0.5) is 0 Å². The Labute approximate surface area is 179 Å². The molecule has 1 heterocycles. The molecule has 1 aliphatic heterocycles. The number of amides is 2. The van der Waals surface area contributed by atoms with Crippen molar-refractivity contribution in [3.8, 4) is 0 Å². The number of sulfonamides is 1. The van der Waals surface area contributed by atoms with Gasteiger partial charge in [-0.25, -0.2) is 8.42 Å². The molecule has 2 atom stereocenters. The van der Waals surface area contributed by atoms with Crippen LogP contribution in [-0.2, 0) is 19.6 Å². The Morgan fingerprint density at radius 2 is 1.93 bits per heavy atom. The molecule has 0 aliphatic carbocycles. The molecule has 2 rings (SSSR count). The topological polar surface area (TPSA) is 96.0 Å². The first-order chi connectivity index (χ1) is 14.1. The molecule has 168 valence electrons. The summed E-state index contributed by atoms with van der Waals surface area (Å²) in [6.07, 6.45) is -0.0480. The summed E-state index contributed by atoms with van der Waals surface area (Å²) in [5.74, 6) is -0.748. The highest BCUT2D eigenvalue weighted by molar-refractivity contribution is 7.89. The Morgan fingerprint density at radius 3 is 2.50 bits per heavy atom. The Balaban J connectivity index is 2.21. The summed E-state index contributed by atoms with van der Waals surface area (Å²) < 4.78 is 32.4. The number of carbonyl (C=O) groups is 2. The highest BCUT2D eigenvalue weighted by Crippen LogP contribution is 2.18. The summed E-state index contributed by atoms with van der Waals surface area (Å²) in [4.78, 5) is 27.7. The van der Waals surface area contributed by atoms with Gasteiger partial charge in [-0.05, 0) is 31.0 Å². The fourth-order valence-corrected chi connectivity index (χ4v) is 4.97. The molecular formula is C21H33N3O5S. The first-order valence-electron chi connectivity index (χ1n) is 10.4. The average molecular weight is 440 g/mol. The summed E-state index contributed by atoms with van der Waals surface area (Å²) in [5.41, 5.74) is 0.206. The van der Waals surface area contributed by atoms with Crippen LogP contribution in [0.25, 0.3) is 0 Å². The molecule has 0 radical (unpaired) electrons. The molecule has 30 heavy (non-hydrogen) atoms. The number of morpholine rings is 1. The van der Waals surface area contributed by atoms with E-state index >= 15 is 0 Å². The van der Waals surface area contributed by atoms with Crippen molar-refractivity contribution in [2.24, 2.45) is 5.92 Å². The van der Waals surface area contributed by atoms with E-state index in [1.165, 1.54) is 16.4 Å². The highest BCUT2D eigenvalue weighted by atomic mass is 32.2. The second kappa shape index (κ2) is 10.4. The van der Waals surface area contributed by atoms with E-state index in [0.29, 0.717) is 32.8 Å². The molecule has 1 aromatic carbocycles. The number of carbonyl (C=O) groups excluding carboxylic acids is 2. The van der Waals surface area contributed by atoms with Crippen LogP contribution < -0.4 is 5.32 Å². The van der Waals surface area contributed by atoms with Gasteiger partial charge in [0, 0.05) is 31.7 Å². The third-order valence-electron chi connectivity index (χ3n) is 5.21. The zero-order valence-corrected chi connectivity index (χ0v) is 19.2. The second-order valence-electron chi connectivity index (χ2n) is 7.78. The zero-order chi connectivity index (χ0) is 22.5. The number of benzene rings is 1. The highest BCUT2D eigenvalue weighted by Gasteiger charge is 2.31. The number of hydrogen-bond acceptors (Lipinski definition) is 5. The Morgan fingerprint density at radius 1 is 1.27 bits per heavy atom. The predicted molar refractivity (Wildman–Crippen MR) is 115 cm³/mol. The number of nitrogens with zero attached hydrogens (tertiary/aromatic N) is 2. The maximum atomic E-state index is 13.0. The number of hydrogen-bond donors (Lipinski definition) is 1. The van der Waals surface area contributed by atoms with Crippen LogP contribution in [0.2, 0.25) is 0 Å². The van der Waals surface area contributed by atoms with Gasteiger partial charge in [0.2, 0.25) is 15.9 Å². The third kappa shape index (κ3) is 5.59. The van der Waals surface area contributed by atoms with E-state index in [2.05, 4.69) is 5.32 Å². The molecule has 0 bridgehead atoms. The molecule has 1 N–H and O–H groups in total. The first-order valence-corrected chi connectivity index (χ1v) is 11.9. The third-order valence-corrected chi connectivity index (χ3v) is 7.26. The van der Waals surface area contributed by atoms with Gasteiger partial charge in [0.15, 0.2) is 0 Å². The molecule has 2 amide bonds. The van der Waals surface area contributed by atoms with Crippen molar-refractivity contribution in [2.45, 2.75) is 51.7 Å². The molecule has 8 nitrogen and oxygen atoms in total. The van der Waals surface area contributed by atoms with Crippen molar-refractivity contribution in [2.75, 3.05) is 32.8 Å². The predicted octanol–water partition coefficient (Wildman–Crippen LogP) is 1.72. The lowest BCUT2D eigenvalue weighted by molar-refractivity contribution is -0.141. The van der Waals surface area contributed by atoms with E-state index in [-0.39, 0.29) is 28.4 Å². The largest absolute Gasteiger partial charge is 0.375 e. The van der Waals surface area contributed by atoms with E-state index in [0.717, 1.165) is 0 Å². The smallest absolute Gasteiger partial charge is 0.251 e. The van der Waals surface area contributed by atoms with Crippen LogP contribution in [0.3, 0.4) is 0 Å². The van der Waals surface area contributed by atoms with E-state index in [1.807, 2.05) is 20.8 Å². The number of nitrogens with one attached hydrogen (secondary N) is 1. The molecule has 9 heteroatoms. The summed E-state index contributed by atoms with van der Waals surface area (Å²) in [7, 11) is -3.68. The van der Waals surface area contributed by atoms with Gasteiger partial charge in [-0.1, -0.05) is 33.8 Å². The van der Waals surface area contributed by atoms with E-state index in [4.69, 9.17) is 4.74 Å². The normalized spacial score (nSPS) is 18.5. The molecule has 1 fully saturated rings. The fourth-order valence-electron chi connectivity index (χ4n) is 3.46. The van der Waals surface area contributed by atoms with Gasteiger partial charge in [0.1, 0.15) is 6.04 Å². The van der Waals surface area contributed by atoms with Crippen molar-refractivity contribution in [1.29, 1.82) is 0 Å². The molecule has 1 unspecified atom stereocenters. The molecule has 0 saturated carbocycles. The molecule has 1 saturated heterocycles. The van der Waals surface area contributed by atoms with Crippen LogP contribution >= 0.6 is 0 Å². The van der Waals surface area contributed by atoms with Crippen LogP contribution in [0, 0.1) is 5.92 Å². The van der Waals surface area contributed by atoms with Crippen molar-refractivity contribution < 1.29 is 22.7 Å². The van der Waals surface area contributed by atoms with Crippen molar-refractivity contribution in [3.63, 3.8) is 0 Å². The van der Waals surface area contributed by atoms with E-state index in [9.17, 15) is 18.0 Å². The lowest BCUT2D eigenvalue weighted by Gasteiger charge is -2.35. The quantitative estimate of drug-likeness (QED) is 0.665. The van der Waals surface area contributed by atoms with E-state index in [1.54, 1.807) is 30.9 Å². The Hall–Kier alpha value is -1.97. The second-order valence-corrected chi connectivity index (χ2v) is 9.72. The van der Waals surface area contributed by atoms with E-state index < -0.39 is 22.0 Å². The van der Waals surface area contributed by atoms with Gasteiger partial charge in [-0.15, -0.1) is 0 Å². The van der Waals surface area contributed by atoms with Crippen LogP contribution in [0.5, 0.6) is 0 Å². The average Bonchev–Trinajstić information content (AvgIpc) is 2.72. The lowest BCUT2D eigenvalue weighted by Crippen LogP contribution is -2.55. The fraction of sp³-hybridized carbons (Fsp3) is 0.619. The monoisotopic (exact) mass is 439 g/mol. The maximum Gasteiger partial charge on any atom is 0.251 e. The molecular weight excluding hydrogens is 406 g/mol. The van der Waals surface area contributed by atoms with Crippen LogP contribution in [0.1, 0.15) is 45.0 Å². The maximum absolute atomic E-state index is 13.0. The summed E-state index contributed by atoms with van der Waals surface area (Å²) in [5, 5.41) is 2.80. The van der Waals surface area contributed by atoms with Crippen molar-refractivity contribution >= 4 is 21.8 Å². The molecule has 0 spiro atoms. The SMILES string of the molecule is CCN(CC)S(=O)(=O)c1cccc(C(=O)N[C@H](C(=O)N2CCOC(C)C2)C(C)C)c1. The summed E-state index contributed by atoms with van der Waals surface area (Å²) in [6, 6.07) is 5.23. The molecule has 0 aromatic heterocycles. The minimum atomic E-state index is -3.68. The van der Waals surface area contributed by atoms with Crippen LogP contribution in [-0.4, -0.2) is 74.4 Å². The lowest BCUT2D eigenvalue weighted by atomic mass is 10.0. The van der Waals surface area contributed by atoms with Gasteiger partial charge in [0.25, 0.3) is 5.91 Å². The van der Waals surface area contributed by atoms with Gasteiger partial charge >= 0.3 is 0 Å². The Bertz CT molecular complexity index is 852. The van der Waals surface area contributed by atoms with Gasteiger partial charge < -0.3 is 15.0 Å². The van der Waals surface area contributed by atoms with Crippen molar-refractivity contribution in [3.05, 3.63) is 29.8 Å². The first kappa shape index (κ1) is 24.3. The summed E-state index contributed by atoms with van der Waals surface area (Å²) in [6.45, 7) is 11.3. The standard InChI is InChI=1S/C21H33N3O5S/c1-6-24(7-2)30(27,28)18-10-8-9-17(13-18)20(25)22-19(15(3)4)21(26)23-11-12-29-16(5)14-23/h8-10,13,15-16,19H,6-7,11-12,14H2,1-5H3,(H,22,25)/t16?,19-/m0/s1. The summed E-state index contributed by atoms with van der Waals surface area (Å²) >= 11 is 0. The molecule has 1 aromatic rings. The molecule has 1 aliphatic rings. The van der Waals surface area contributed by atoms with Crippen molar-refractivity contribution in [1.82, 2.24) is 14.5 Å². The Kier molecular flexibility index (Phi) is 8.40. The van der Waals surface area contributed by atoms with Gasteiger partial charge in [-0.2, -0.15) is 4.31 Å². The minimum Gasteiger partial charge on any atom is -0.375 e. The minimum absolute atomic E-state index is 0.0480. The zero-order valence-electron chi connectivity index (χ0n) is 18.4. The van der Waals surface area contributed by atoms with Gasteiger partial charge in [0.05, 0.1) is 17.6 Å². The van der Waals surface area contributed by atoms with Gasteiger partial charge in [-0.3, -0.25) is 9.59 Å². The number of ether oxygens (including phenoxy) is 1. The number of rotatable bonds is 8.